The fraction of sp³-hybridized carbons (Fsp3) is 0.417. The Bertz CT molecular complexity index is 995. The maximum Gasteiger partial charge on any atom is 0.227 e. The summed E-state index contributed by atoms with van der Waals surface area (Å²) in [5, 5.41) is 0. The molecule has 1 aromatic heterocycles. The highest BCUT2D eigenvalue weighted by molar-refractivity contribution is 5.97. The number of nitrogens with zero attached hydrogens (tertiary/aromatic N) is 3. The highest BCUT2D eigenvalue weighted by atomic mass is 16.5. The molecule has 1 saturated heterocycles. The lowest BCUT2D eigenvalue weighted by Gasteiger charge is -2.19. The van der Waals surface area contributed by atoms with Crippen LogP contribution >= 0.6 is 0 Å². The minimum Gasteiger partial charge on any atom is -0.495 e. The van der Waals surface area contributed by atoms with Gasteiger partial charge in [-0.1, -0.05) is 50.5 Å². The van der Waals surface area contributed by atoms with Crippen molar-refractivity contribution in [1.29, 1.82) is 0 Å². The van der Waals surface area contributed by atoms with Gasteiger partial charge in [-0.2, -0.15) is 0 Å². The van der Waals surface area contributed by atoms with E-state index in [2.05, 4.69) is 29.7 Å². The Hall–Kier alpha value is -2.82. The van der Waals surface area contributed by atoms with Gasteiger partial charge in [0.15, 0.2) is 0 Å². The predicted octanol–water partition coefficient (Wildman–Crippen LogP) is 5.15. The number of anilines is 1. The maximum atomic E-state index is 12.9. The van der Waals surface area contributed by atoms with Crippen molar-refractivity contribution in [3.8, 4) is 5.75 Å². The Morgan fingerprint density at radius 1 is 1.07 bits per heavy atom. The van der Waals surface area contributed by atoms with Crippen molar-refractivity contribution in [3.05, 3.63) is 54.4 Å². The molecule has 29 heavy (non-hydrogen) atoms. The number of imidazole rings is 1. The van der Waals surface area contributed by atoms with E-state index in [0.717, 1.165) is 35.7 Å². The monoisotopic (exact) mass is 391 g/mol. The van der Waals surface area contributed by atoms with E-state index in [-0.39, 0.29) is 11.8 Å². The molecule has 1 unspecified atom stereocenters. The van der Waals surface area contributed by atoms with Crippen LogP contribution in [-0.2, 0) is 11.3 Å². The molecule has 1 fully saturated rings. The predicted molar refractivity (Wildman–Crippen MR) is 117 cm³/mol. The zero-order valence-electron chi connectivity index (χ0n) is 17.3. The quantitative estimate of drug-likeness (QED) is 0.499. The van der Waals surface area contributed by atoms with Gasteiger partial charge in [-0.05, 0) is 30.7 Å². The molecule has 2 heterocycles. The highest BCUT2D eigenvalue weighted by Crippen LogP contribution is 2.37. The van der Waals surface area contributed by atoms with Crippen LogP contribution < -0.4 is 9.64 Å². The molecular weight excluding hydrogens is 362 g/mol. The third-order valence-corrected chi connectivity index (χ3v) is 5.79. The molecule has 5 nitrogen and oxygen atoms in total. The topological polar surface area (TPSA) is 47.4 Å². The summed E-state index contributed by atoms with van der Waals surface area (Å²) in [5.41, 5.74) is 3.02. The van der Waals surface area contributed by atoms with Crippen LogP contribution in [0.25, 0.3) is 11.0 Å². The number of amides is 1. The van der Waals surface area contributed by atoms with Gasteiger partial charge in [0.2, 0.25) is 5.91 Å². The number of ether oxygens (including phenoxy) is 1. The van der Waals surface area contributed by atoms with Gasteiger partial charge in [0.05, 0.1) is 23.8 Å². The Morgan fingerprint density at radius 2 is 1.86 bits per heavy atom. The van der Waals surface area contributed by atoms with Crippen LogP contribution in [0.4, 0.5) is 5.69 Å². The summed E-state index contributed by atoms with van der Waals surface area (Å²) in [7, 11) is 1.65. The second kappa shape index (κ2) is 8.68. The average Bonchev–Trinajstić information content (AvgIpc) is 3.31. The van der Waals surface area contributed by atoms with Crippen LogP contribution in [0.3, 0.4) is 0 Å². The lowest BCUT2D eigenvalue weighted by molar-refractivity contribution is -0.117. The number of methoxy groups -OCH3 is 1. The number of fused-ring (bicyclic) bond motifs is 1. The number of unbranched alkanes of at least 4 members (excludes halogenated alkanes) is 3. The summed E-state index contributed by atoms with van der Waals surface area (Å²) in [4.78, 5) is 19.7. The molecule has 0 saturated carbocycles. The van der Waals surface area contributed by atoms with Crippen LogP contribution in [0.15, 0.2) is 48.5 Å². The molecule has 0 spiro atoms. The van der Waals surface area contributed by atoms with E-state index in [1.165, 1.54) is 24.8 Å². The number of carbonyl (C=O) groups excluding carboxylic acids is 1. The van der Waals surface area contributed by atoms with Crippen LogP contribution in [-0.4, -0.2) is 29.1 Å². The fourth-order valence-corrected chi connectivity index (χ4v) is 4.30. The lowest BCUT2D eigenvalue weighted by Crippen LogP contribution is -2.25. The smallest absolute Gasteiger partial charge is 0.227 e. The molecule has 3 aromatic rings. The van der Waals surface area contributed by atoms with E-state index in [9.17, 15) is 4.79 Å². The first kappa shape index (κ1) is 19.5. The molecule has 0 aliphatic carbocycles. The van der Waals surface area contributed by atoms with Crippen molar-refractivity contribution in [3.63, 3.8) is 0 Å². The van der Waals surface area contributed by atoms with Gasteiger partial charge >= 0.3 is 0 Å². The van der Waals surface area contributed by atoms with Gasteiger partial charge in [-0.25, -0.2) is 4.98 Å². The number of benzene rings is 2. The minimum atomic E-state index is 0.0889. The first-order valence-corrected chi connectivity index (χ1v) is 10.6. The summed E-state index contributed by atoms with van der Waals surface area (Å²) in [6, 6.07) is 16.0. The van der Waals surface area contributed by atoms with E-state index in [4.69, 9.17) is 9.72 Å². The standard InChI is InChI=1S/C24H29N3O2/c1-3-4-5-10-15-26-20-12-7-6-11-19(20)25-24(26)18-16-23(28)27(17-18)21-13-8-9-14-22(21)29-2/h6-9,11-14,18H,3-5,10,15-17H2,1-2H3. The number of para-hydroxylation sites is 4. The largest absolute Gasteiger partial charge is 0.495 e. The zero-order chi connectivity index (χ0) is 20.2. The third kappa shape index (κ3) is 3.86. The van der Waals surface area contributed by atoms with Crippen molar-refractivity contribution >= 4 is 22.6 Å². The number of hydrogen-bond acceptors (Lipinski definition) is 3. The summed E-state index contributed by atoms with van der Waals surface area (Å²) in [6.45, 7) is 3.82. The first-order chi connectivity index (χ1) is 14.2. The lowest BCUT2D eigenvalue weighted by atomic mass is 10.1. The maximum absolute atomic E-state index is 12.9. The minimum absolute atomic E-state index is 0.0889. The molecule has 5 heteroatoms. The zero-order valence-corrected chi connectivity index (χ0v) is 17.3. The Morgan fingerprint density at radius 3 is 2.69 bits per heavy atom. The molecular formula is C24H29N3O2. The van der Waals surface area contributed by atoms with E-state index in [1.54, 1.807) is 7.11 Å². The van der Waals surface area contributed by atoms with E-state index in [0.29, 0.717) is 13.0 Å². The molecule has 4 rings (SSSR count). The van der Waals surface area contributed by atoms with Crippen LogP contribution in [0, 0.1) is 0 Å². The normalized spacial score (nSPS) is 16.7. The molecule has 2 aromatic carbocycles. The molecule has 1 aliphatic rings. The Labute approximate surface area is 172 Å². The van der Waals surface area contributed by atoms with Crippen LogP contribution in [0.5, 0.6) is 5.75 Å². The van der Waals surface area contributed by atoms with Gasteiger partial charge < -0.3 is 14.2 Å². The van der Waals surface area contributed by atoms with Crippen LogP contribution in [0.1, 0.15) is 50.8 Å². The number of aromatic nitrogens is 2. The van der Waals surface area contributed by atoms with E-state index >= 15 is 0 Å². The van der Waals surface area contributed by atoms with Crippen molar-refractivity contribution in [2.24, 2.45) is 0 Å². The summed E-state index contributed by atoms with van der Waals surface area (Å²) < 4.78 is 7.82. The van der Waals surface area contributed by atoms with E-state index < -0.39 is 0 Å². The molecule has 0 N–H and O–H groups in total. The van der Waals surface area contributed by atoms with Gasteiger partial charge in [-0.3, -0.25) is 4.79 Å². The second-order valence-corrected chi connectivity index (χ2v) is 7.75. The average molecular weight is 392 g/mol. The summed E-state index contributed by atoms with van der Waals surface area (Å²) >= 11 is 0. The molecule has 0 radical (unpaired) electrons. The summed E-state index contributed by atoms with van der Waals surface area (Å²) in [6.07, 6.45) is 5.32. The number of aryl methyl sites for hydroxylation is 1. The van der Waals surface area contributed by atoms with Gasteiger partial charge in [-0.15, -0.1) is 0 Å². The van der Waals surface area contributed by atoms with Crippen molar-refractivity contribution in [1.82, 2.24) is 9.55 Å². The number of hydrogen-bond donors (Lipinski definition) is 0. The number of carbonyl (C=O) groups is 1. The number of rotatable bonds is 8. The van der Waals surface area contributed by atoms with Crippen molar-refractivity contribution in [2.75, 3.05) is 18.6 Å². The molecule has 1 aliphatic heterocycles. The third-order valence-electron chi connectivity index (χ3n) is 5.79. The summed E-state index contributed by atoms with van der Waals surface area (Å²) in [5.74, 6) is 1.98. The van der Waals surface area contributed by atoms with Gasteiger partial charge in [0.1, 0.15) is 11.6 Å². The molecule has 1 atom stereocenters. The Balaban J connectivity index is 1.63. The second-order valence-electron chi connectivity index (χ2n) is 7.75. The van der Waals surface area contributed by atoms with Crippen molar-refractivity contribution < 1.29 is 9.53 Å². The SMILES string of the molecule is CCCCCCn1c(C2CC(=O)N(c3ccccc3OC)C2)nc2ccccc21. The van der Waals surface area contributed by atoms with E-state index in [1.807, 2.05) is 35.2 Å². The molecule has 0 bridgehead atoms. The molecule has 152 valence electrons. The first-order valence-electron chi connectivity index (χ1n) is 10.6. The fourth-order valence-electron chi connectivity index (χ4n) is 4.30. The highest BCUT2D eigenvalue weighted by Gasteiger charge is 2.35. The Kier molecular flexibility index (Phi) is 5.84. The van der Waals surface area contributed by atoms with Gasteiger partial charge in [0, 0.05) is 25.4 Å². The van der Waals surface area contributed by atoms with Crippen molar-refractivity contribution in [2.45, 2.75) is 51.5 Å². The molecule has 1 amide bonds. The van der Waals surface area contributed by atoms with Crippen LogP contribution in [0.2, 0.25) is 0 Å². The van der Waals surface area contributed by atoms with Gasteiger partial charge in [0.25, 0.3) is 0 Å².